The van der Waals surface area contributed by atoms with Crippen LogP contribution in [0, 0.1) is 0 Å². The molecule has 0 aliphatic rings. The number of ether oxygens (including phenoxy) is 1. The van der Waals surface area contributed by atoms with Crippen LogP contribution in [0.1, 0.15) is 12.8 Å². The summed E-state index contributed by atoms with van der Waals surface area (Å²) in [4.78, 5) is 0. The maximum atomic E-state index is 5.63. The molecule has 0 spiro atoms. The minimum Gasteiger partial charge on any atom is -0.381 e. The summed E-state index contributed by atoms with van der Waals surface area (Å²) in [6, 6.07) is 0.0338. The predicted molar refractivity (Wildman–Crippen MR) is 46.1 cm³/mol. The standard InChI is InChI=1S/C7H19N3O/c1-11-7(2-3-8)4-6(10)5-9/h6-7H,2-5,8-10H2,1H3. The molecule has 0 radical (unpaired) electrons. The van der Waals surface area contributed by atoms with Crippen molar-refractivity contribution in [2.75, 3.05) is 20.2 Å². The Morgan fingerprint density at radius 1 is 1.36 bits per heavy atom. The van der Waals surface area contributed by atoms with Crippen molar-refractivity contribution in [2.45, 2.75) is 25.0 Å². The minimum absolute atomic E-state index is 0.0338. The van der Waals surface area contributed by atoms with E-state index in [0.717, 1.165) is 12.8 Å². The molecular weight excluding hydrogens is 142 g/mol. The zero-order valence-corrected chi connectivity index (χ0v) is 7.12. The third-order valence-electron chi connectivity index (χ3n) is 1.69. The summed E-state index contributed by atoms with van der Waals surface area (Å²) >= 11 is 0. The second-order valence-corrected chi connectivity index (χ2v) is 2.67. The summed E-state index contributed by atoms with van der Waals surface area (Å²) in [7, 11) is 1.67. The summed E-state index contributed by atoms with van der Waals surface area (Å²) in [6.07, 6.45) is 1.81. The van der Waals surface area contributed by atoms with E-state index in [2.05, 4.69) is 0 Å². The summed E-state index contributed by atoms with van der Waals surface area (Å²) < 4.78 is 5.15. The molecule has 0 saturated heterocycles. The van der Waals surface area contributed by atoms with Gasteiger partial charge in [0.1, 0.15) is 0 Å². The third kappa shape index (κ3) is 5.15. The maximum absolute atomic E-state index is 5.63. The van der Waals surface area contributed by atoms with Crippen LogP contribution in [0.4, 0.5) is 0 Å². The topological polar surface area (TPSA) is 87.3 Å². The van der Waals surface area contributed by atoms with Gasteiger partial charge in [0.15, 0.2) is 0 Å². The molecule has 0 aromatic carbocycles. The Labute approximate surface area is 68.1 Å². The van der Waals surface area contributed by atoms with Crippen LogP contribution in [0.15, 0.2) is 0 Å². The lowest BCUT2D eigenvalue weighted by molar-refractivity contribution is 0.0847. The first-order chi connectivity index (χ1) is 5.24. The highest BCUT2D eigenvalue weighted by molar-refractivity contribution is 4.69. The molecule has 0 aliphatic carbocycles. The molecule has 0 aromatic heterocycles. The second-order valence-electron chi connectivity index (χ2n) is 2.67. The fourth-order valence-electron chi connectivity index (χ4n) is 0.952. The van der Waals surface area contributed by atoms with Crippen molar-refractivity contribution in [3.05, 3.63) is 0 Å². The van der Waals surface area contributed by atoms with Gasteiger partial charge in [-0.1, -0.05) is 0 Å². The fourth-order valence-corrected chi connectivity index (χ4v) is 0.952. The molecular formula is C7H19N3O. The molecule has 0 amide bonds. The predicted octanol–water partition coefficient (Wildman–Crippen LogP) is -0.974. The molecule has 0 bridgehead atoms. The average molecular weight is 161 g/mol. The zero-order valence-electron chi connectivity index (χ0n) is 7.12. The van der Waals surface area contributed by atoms with Gasteiger partial charge in [0.2, 0.25) is 0 Å². The van der Waals surface area contributed by atoms with E-state index in [1.165, 1.54) is 0 Å². The highest BCUT2D eigenvalue weighted by atomic mass is 16.5. The van der Waals surface area contributed by atoms with Gasteiger partial charge in [-0.05, 0) is 19.4 Å². The van der Waals surface area contributed by atoms with Crippen LogP contribution in [-0.4, -0.2) is 32.3 Å². The van der Waals surface area contributed by atoms with Crippen molar-refractivity contribution in [3.63, 3.8) is 0 Å². The van der Waals surface area contributed by atoms with Gasteiger partial charge in [-0.2, -0.15) is 0 Å². The fraction of sp³-hybridized carbons (Fsp3) is 1.00. The highest BCUT2D eigenvalue weighted by Gasteiger charge is 2.10. The molecule has 4 heteroatoms. The van der Waals surface area contributed by atoms with E-state index in [1.807, 2.05) is 0 Å². The monoisotopic (exact) mass is 161 g/mol. The highest BCUT2D eigenvalue weighted by Crippen LogP contribution is 2.03. The van der Waals surface area contributed by atoms with Crippen molar-refractivity contribution in [1.29, 1.82) is 0 Å². The van der Waals surface area contributed by atoms with Gasteiger partial charge in [0, 0.05) is 19.7 Å². The van der Waals surface area contributed by atoms with Crippen LogP contribution in [-0.2, 0) is 4.74 Å². The number of methoxy groups -OCH3 is 1. The number of rotatable bonds is 6. The molecule has 0 rings (SSSR count). The first-order valence-corrected chi connectivity index (χ1v) is 3.93. The van der Waals surface area contributed by atoms with E-state index in [1.54, 1.807) is 7.11 Å². The van der Waals surface area contributed by atoms with Crippen molar-refractivity contribution < 1.29 is 4.74 Å². The first kappa shape index (κ1) is 10.8. The lowest BCUT2D eigenvalue weighted by Crippen LogP contribution is -2.34. The van der Waals surface area contributed by atoms with Crippen LogP contribution >= 0.6 is 0 Å². The Bertz CT molecular complexity index is 89.8. The third-order valence-corrected chi connectivity index (χ3v) is 1.69. The summed E-state index contributed by atoms with van der Waals surface area (Å²) in [5, 5.41) is 0. The lowest BCUT2D eigenvalue weighted by Gasteiger charge is -2.17. The molecule has 0 heterocycles. The van der Waals surface area contributed by atoms with E-state index >= 15 is 0 Å². The van der Waals surface area contributed by atoms with Crippen molar-refractivity contribution in [2.24, 2.45) is 17.2 Å². The summed E-state index contributed by atoms with van der Waals surface area (Å²) in [5.41, 5.74) is 16.4. The van der Waals surface area contributed by atoms with E-state index in [-0.39, 0.29) is 12.1 Å². The normalized spacial score (nSPS) is 16.4. The van der Waals surface area contributed by atoms with Crippen LogP contribution in [0.2, 0.25) is 0 Å². The van der Waals surface area contributed by atoms with Crippen LogP contribution in [0.25, 0.3) is 0 Å². The Morgan fingerprint density at radius 2 is 2.00 bits per heavy atom. The maximum Gasteiger partial charge on any atom is 0.0598 e. The Hall–Kier alpha value is -0.160. The molecule has 11 heavy (non-hydrogen) atoms. The van der Waals surface area contributed by atoms with Gasteiger partial charge < -0.3 is 21.9 Å². The number of hydrogen-bond donors (Lipinski definition) is 3. The van der Waals surface area contributed by atoms with E-state index in [0.29, 0.717) is 13.1 Å². The van der Waals surface area contributed by atoms with Gasteiger partial charge in [-0.3, -0.25) is 0 Å². The van der Waals surface area contributed by atoms with Gasteiger partial charge in [0.25, 0.3) is 0 Å². The van der Waals surface area contributed by atoms with Gasteiger partial charge in [0.05, 0.1) is 6.10 Å². The molecule has 68 valence electrons. The number of nitrogens with two attached hydrogens (primary N) is 3. The minimum atomic E-state index is 0.0338. The van der Waals surface area contributed by atoms with Crippen LogP contribution in [0.3, 0.4) is 0 Å². The SMILES string of the molecule is COC(CCN)CC(N)CN. The lowest BCUT2D eigenvalue weighted by atomic mass is 10.1. The molecule has 2 unspecified atom stereocenters. The number of hydrogen-bond acceptors (Lipinski definition) is 4. The van der Waals surface area contributed by atoms with E-state index < -0.39 is 0 Å². The smallest absolute Gasteiger partial charge is 0.0598 e. The molecule has 0 aliphatic heterocycles. The molecule has 0 saturated carbocycles. The average Bonchev–Trinajstić information content (AvgIpc) is 2.03. The Balaban J connectivity index is 3.49. The zero-order chi connectivity index (χ0) is 8.69. The van der Waals surface area contributed by atoms with Crippen molar-refractivity contribution >= 4 is 0 Å². The van der Waals surface area contributed by atoms with Gasteiger partial charge in [-0.25, -0.2) is 0 Å². The largest absolute Gasteiger partial charge is 0.381 e. The second kappa shape index (κ2) is 6.54. The molecule has 6 N–H and O–H groups in total. The molecule has 0 aromatic rings. The van der Waals surface area contributed by atoms with E-state index in [4.69, 9.17) is 21.9 Å². The van der Waals surface area contributed by atoms with Crippen LogP contribution < -0.4 is 17.2 Å². The van der Waals surface area contributed by atoms with Crippen molar-refractivity contribution in [3.8, 4) is 0 Å². The van der Waals surface area contributed by atoms with Gasteiger partial charge in [-0.15, -0.1) is 0 Å². The molecule has 0 fully saturated rings. The summed E-state index contributed by atoms with van der Waals surface area (Å²) in [6.45, 7) is 1.14. The summed E-state index contributed by atoms with van der Waals surface area (Å²) in [5.74, 6) is 0. The quantitative estimate of drug-likeness (QED) is 0.467. The van der Waals surface area contributed by atoms with Crippen molar-refractivity contribution in [1.82, 2.24) is 0 Å². The molecule has 4 nitrogen and oxygen atoms in total. The Kier molecular flexibility index (Phi) is 6.45. The van der Waals surface area contributed by atoms with Crippen LogP contribution in [0.5, 0.6) is 0 Å². The van der Waals surface area contributed by atoms with E-state index in [9.17, 15) is 0 Å². The first-order valence-electron chi connectivity index (χ1n) is 3.93. The van der Waals surface area contributed by atoms with Gasteiger partial charge >= 0.3 is 0 Å². The molecule has 2 atom stereocenters. The Morgan fingerprint density at radius 3 is 2.36 bits per heavy atom.